The quantitative estimate of drug-likeness (QED) is 0.306. The van der Waals surface area contributed by atoms with Crippen LogP contribution in [0.3, 0.4) is 0 Å². The molecule has 0 radical (unpaired) electrons. The first-order valence-electron chi connectivity index (χ1n) is 8.95. The number of guanidine groups is 1. The number of nitrogens with one attached hydrogen (secondary N) is 2. The van der Waals surface area contributed by atoms with Crippen molar-refractivity contribution in [2.45, 2.75) is 33.7 Å². The largest absolute Gasteiger partial charge is 0.357 e. The zero-order chi connectivity index (χ0) is 18.4. The van der Waals surface area contributed by atoms with E-state index in [2.05, 4.69) is 51.8 Å². The number of para-hydroxylation sites is 1. The van der Waals surface area contributed by atoms with E-state index in [0.717, 1.165) is 41.7 Å². The maximum Gasteiger partial charge on any atom is 0.191 e. The van der Waals surface area contributed by atoms with Crippen molar-refractivity contribution >= 4 is 52.2 Å². The van der Waals surface area contributed by atoms with E-state index in [-0.39, 0.29) is 24.0 Å². The van der Waals surface area contributed by atoms with Gasteiger partial charge in [0.05, 0.1) is 22.8 Å². The lowest BCUT2D eigenvalue weighted by Gasteiger charge is -2.12. The van der Waals surface area contributed by atoms with Crippen molar-refractivity contribution in [1.29, 1.82) is 0 Å². The lowest BCUT2D eigenvalue weighted by Crippen LogP contribution is -2.38. The Morgan fingerprint density at radius 2 is 1.96 bits per heavy atom. The molecule has 0 aliphatic heterocycles. The van der Waals surface area contributed by atoms with Gasteiger partial charge in [-0.3, -0.25) is 4.98 Å². The van der Waals surface area contributed by atoms with E-state index in [1.807, 2.05) is 26.1 Å². The van der Waals surface area contributed by atoms with E-state index in [9.17, 15) is 0 Å². The number of aromatic nitrogens is 2. The minimum absolute atomic E-state index is 0. The Hall–Kier alpha value is -1.74. The second-order valence-corrected chi connectivity index (χ2v) is 7.39. The van der Waals surface area contributed by atoms with Crippen molar-refractivity contribution in [3.63, 3.8) is 0 Å². The molecule has 0 aliphatic rings. The van der Waals surface area contributed by atoms with Gasteiger partial charge in [-0.25, -0.2) is 9.98 Å². The van der Waals surface area contributed by atoms with Crippen LogP contribution >= 0.6 is 35.3 Å². The number of thiazole rings is 1. The maximum absolute atomic E-state index is 4.70. The number of nitrogens with zero attached hydrogens (tertiary/aromatic N) is 3. The first-order valence-corrected chi connectivity index (χ1v) is 9.76. The fourth-order valence-corrected chi connectivity index (χ4v) is 3.76. The molecule has 7 heteroatoms. The number of aryl methyl sites for hydroxylation is 2. The van der Waals surface area contributed by atoms with Crippen molar-refractivity contribution in [2.75, 3.05) is 13.1 Å². The Morgan fingerprint density at radius 1 is 1.15 bits per heavy atom. The van der Waals surface area contributed by atoms with Gasteiger partial charge in [0.25, 0.3) is 0 Å². The fourth-order valence-electron chi connectivity index (χ4n) is 2.90. The summed E-state index contributed by atoms with van der Waals surface area (Å²) in [5, 5.41) is 9.01. The molecule has 0 unspecified atom stereocenters. The molecule has 3 rings (SSSR count). The summed E-state index contributed by atoms with van der Waals surface area (Å²) in [7, 11) is 0. The summed E-state index contributed by atoms with van der Waals surface area (Å²) in [5.41, 5.74) is 3.41. The highest BCUT2D eigenvalue weighted by atomic mass is 127. The molecule has 2 N–H and O–H groups in total. The van der Waals surface area contributed by atoms with Crippen molar-refractivity contribution in [3.8, 4) is 0 Å². The molecule has 27 heavy (non-hydrogen) atoms. The predicted octanol–water partition coefficient (Wildman–Crippen LogP) is 4.22. The summed E-state index contributed by atoms with van der Waals surface area (Å²) in [6.45, 7) is 8.45. The number of fused-ring (bicyclic) bond motifs is 1. The van der Waals surface area contributed by atoms with E-state index in [1.165, 1.54) is 15.8 Å². The summed E-state index contributed by atoms with van der Waals surface area (Å²) in [5.74, 6) is 0.839. The Kier molecular flexibility index (Phi) is 8.43. The van der Waals surface area contributed by atoms with E-state index in [4.69, 9.17) is 4.99 Å². The van der Waals surface area contributed by atoms with E-state index in [0.29, 0.717) is 6.54 Å². The third kappa shape index (κ3) is 5.87. The zero-order valence-corrected chi connectivity index (χ0v) is 19.1. The third-order valence-corrected chi connectivity index (χ3v) is 5.19. The number of halogens is 1. The minimum atomic E-state index is 0. The lowest BCUT2D eigenvalue weighted by atomic mass is 10.1. The zero-order valence-electron chi connectivity index (χ0n) is 16.0. The highest BCUT2D eigenvalue weighted by Gasteiger charge is 2.06. The molecule has 5 nitrogen and oxygen atoms in total. The van der Waals surface area contributed by atoms with Crippen LogP contribution in [0.25, 0.3) is 10.9 Å². The van der Waals surface area contributed by atoms with Gasteiger partial charge in [-0.05, 0) is 38.8 Å². The molecule has 2 heterocycles. The third-order valence-electron chi connectivity index (χ3n) is 4.13. The molecular formula is C20H26IN5S. The van der Waals surface area contributed by atoms with E-state index in [1.54, 1.807) is 11.3 Å². The van der Waals surface area contributed by atoms with Crippen LogP contribution in [0, 0.1) is 13.8 Å². The van der Waals surface area contributed by atoms with Crippen LogP contribution in [-0.4, -0.2) is 29.0 Å². The molecule has 0 atom stereocenters. The predicted molar refractivity (Wildman–Crippen MR) is 125 cm³/mol. The number of rotatable bonds is 6. The van der Waals surface area contributed by atoms with E-state index >= 15 is 0 Å². The summed E-state index contributed by atoms with van der Waals surface area (Å²) in [4.78, 5) is 14.9. The van der Waals surface area contributed by atoms with Gasteiger partial charge >= 0.3 is 0 Å². The molecule has 0 saturated carbocycles. The molecule has 0 amide bonds. The van der Waals surface area contributed by atoms with Gasteiger partial charge in [0.1, 0.15) is 0 Å². The van der Waals surface area contributed by atoms with Gasteiger partial charge in [0.2, 0.25) is 0 Å². The molecule has 0 fully saturated rings. The number of pyridine rings is 1. The molecule has 0 aliphatic carbocycles. The highest BCUT2D eigenvalue weighted by molar-refractivity contribution is 14.0. The number of aliphatic imine (C=N–C) groups is 1. The molecule has 0 bridgehead atoms. The van der Waals surface area contributed by atoms with Gasteiger partial charge in [-0.1, -0.05) is 24.3 Å². The number of benzene rings is 1. The summed E-state index contributed by atoms with van der Waals surface area (Å²) >= 11 is 1.71. The van der Waals surface area contributed by atoms with Crippen LogP contribution in [0.1, 0.15) is 28.1 Å². The van der Waals surface area contributed by atoms with Crippen molar-refractivity contribution in [1.82, 2.24) is 20.6 Å². The summed E-state index contributed by atoms with van der Waals surface area (Å²) in [6.07, 6.45) is 2.75. The van der Waals surface area contributed by atoms with Crippen LogP contribution in [0.15, 0.2) is 41.5 Å². The SMILES string of the molecule is CCNC(=NCc1sc(C)nc1C)NCCc1cccc2cccnc12.I. The normalized spacial score (nSPS) is 11.3. The lowest BCUT2D eigenvalue weighted by molar-refractivity contribution is 0.801. The van der Waals surface area contributed by atoms with Gasteiger partial charge in [0, 0.05) is 29.5 Å². The van der Waals surface area contributed by atoms with Crippen LogP contribution in [-0.2, 0) is 13.0 Å². The smallest absolute Gasteiger partial charge is 0.191 e. The van der Waals surface area contributed by atoms with E-state index < -0.39 is 0 Å². The first-order chi connectivity index (χ1) is 12.7. The molecular weight excluding hydrogens is 469 g/mol. The second kappa shape index (κ2) is 10.6. The molecule has 0 spiro atoms. The Balaban J connectivity index is 0.00000261. The molecule has 3 aromatic rings. The minimum Gasteiger partial charge on any atom is -0.357 e. The molecule has 0 saturated heterocycles. The van der Waals surface area contributed by atoms with Crippen molar-refractivity contribution < 1.29 is 0 Å². The standard InChI is InChI=1S/C20H25N5S.HI/c1-4-21-20(24-13-18-14(2)25-15(3)26-18)23-12-10-17-8-5-7-16-9-6-11-22-19(16)17;/h5-9,11H,4,10,12-13H2,1-3H3,(H2,21,23,24);1H. The van der Waals surface area contributed by atoms with Crippen LogP contribution < -0.4 is 10.6 Å². The van der Waals surface area contributed by atoms with Crippen LogP contribution in [0.4, 0.5) is 0 Å². The highest BCUT2D eigenvalue weighted by Crippen LogP contribution is 2.18. The topological polar surface area (TPSA) is 62.2 Å². The van der Waals surface area contributed by atoms with Gasteiger partial charge in [-0.15, -0.1) is 35.3 Å². The fraction of sp³-hybridized carbons (Fsp3) is 0.350. The Labute approximate surface area is 181 Å². The van der Waals surface area contributed by atoms with Gasteiger partial charge in [0.15, 0.2) is 5.96 Å². The van der Waals surface area contributed by atoms with Crippen LogP contribution in [0.5, 0.6) is 0 Å². The first kappa shape index (κ1) is 21.6. The Morgan fingerprint density at radius 3 is 2.70 bits per heavy atom. The molecule has 144 valence electrons. The van der Waals surface area contributed by atoms with Crippen molar-refractivity contribution in [2.24, 2.45) is 4.99 Å². The molecule has 2 aromatic heterocycles. The maximum atomic E-state index is 4.70. The second-order valence-electron chi connectivity index (χ2n) is 6.11. The average Bonchev–Trinajstić information content (AvgIpc) is 2.97. The summed E-state index contributed by atoms with van der Waals surface area (Å²) in [6, 6.07) is 10.4. The molecule has 1 aromatic carbocycles. The monoisotopic (exact) mass is 495 g/mol. The van der Waals surface area contributed by atoms with Gasteiger partial charge < -0.3 is 10.6 Å². The van der Waals surface area contributed by atoms with Gasteiger partial charge in [-0.2, -0.15) is 0 Å². The Bertz CT molecular complexity index is 901. The summed E-state index contributed by atoms with van der Waals surface area (Å²) < 4.78 is 0. The number of hydrogen-bond donors (Lipinski definition) is 2. The van der Waals surface area contributed by atoms with Crippen molar-refractivity contribution in [3.05, 3.63) is 57.7 Å². The number of hydrogen-bond acceptors (Lipinski definition) is 4. The van der Waals surface area contributed by atoms with Crippen LogP contribution in [0.2, 0.25) is 0 Å². The average molecular weight is 495 g/mol.